The summed E-state index contributed by atoms with van der Waals surface area (Å²) < 4.78 is 2.69. The first-order chi connectivity index (χ1) is 15.2. The predicted molar refractivity (Wildman–Crippen MR) is 126 cm³/mol. The molecule has 1 aliphatic heterocycles. The minimum Gasteiger partial charge on any atom is -0.366 e. The molecule has 158 valence electrons. The van der Waals surface area contributed by atoms with Crippen LogP contribution in [0.1, 0.15) is 17.5 Å². The number of nitrogens with one attached hydrogen (secondary N) is 2. The van der Waals surface area contributed by atoms with E-state index in [0.717, 1.165) is 53.4 Å². The highest BCUT2D eigenvalue weighted by molar-refractivity contribution is 9.10. The van der Waals surface area contributed by atoms with Gasteiger partial charge in [-0.3, -0.25) is 9.88 Å². The molecule has 1 unspecified atom stereocenters. The molecule has 5 rings (SSSR count). The molecule has 2 N–H and O–H groups in total. The Morgan fingerprint density at radius 2 is 1.94 bits per heavy atom. The largest absolute Gasteiger partial charge is 0.366 e. The van der Waals surface area contributed by atoms with E-state index in [2.05, 4.69) is 77.9 Å². The zero-order valence-electron chi connectivity index (χ0n) is 17.1. The van der Waals surface area contributed by atoms with Crippen LogP contribution in [0, 0.1) is 0 Å². The summed E-state index contributed by atoms with van der Waals surface area (Å²) >= 11 is 3.57. The maximum Gasteiger partial charge on any atom is 0.173 e. The van der Waals surface area contributed by atoms with Crippen molar-refractivity contribution in [1.29, 1.82) is 0 Å². The van der Waals surface area contributed by atoms with Crippen LogP contribution < -0.4 is 10.6 Å². The van der Waals surface area contributed by atoms with Crippen LogP contribution in [-0.4, -0.2) is 43.6 Å². The lowest BCUT2D eigenvalue weighted by molar-refractivity contribution is 0.328. The van der Waals surface area contributed by atoms with Crippen LogP contribution in [-0.2, 0) is 13.1 Å². The third kappa shape index (κ3) is 4.70. The Kier molecular flexibility index (Phi) is 5.82. The maximum absolute atomic E-state index is 4.79. The second-order valence-corrected chi connectivity index (χ2v) is 8.67. The van der Waals surface area contributed by atoms with Crippen LogP contribution in [0.4, 0.5) is 11.6 Å². The molecular formula is C23H24BrN7. The molecule has 0 bridgehead atoms. The molecule has 0 amide bonds. The normalized spacial score (nSPS) is 16.6. The van der Waals surface area contributed by atoms with E-state index in [4.69, 9.17) is 4.98 Å². The summed E-state index contributed by atoms with van der Waals surface area (Å²) in [6.45, 7) is 3.73. The maximum atomic E-state index is 4.79. The highest BCUT2D eigenvalue weighted by Gasteiger charge is 2.23. The van der Waals surface area contributed by atoms with Gasteiger partial charge in [0.15, 0.2) is 5.65 Å². The quantitative estimate of drug-likeness (QED) is 0.415. The number of anilines is 2. The summed E-state index contributed by atoms with van der Waals surface area (Å²) in [5.41, 5.74) is 3.26. The minimum atomic E-state index is 0.367. The molecule has 4 aromatic rings. The summed E-state index contributed by atoms with van der Waals surface area (Å²) in [6, 6.07) is 17.0. The Morgan fingerprint density at radius 1 is 1.06 bits per heavy atom. The Bertz CT molecular complexity index is 1150. The number of pyridine rings is 1. The lowest BCUT2D eigenvalue weighted by atomic mass is 10.2. The van der Waals surface area contributed by atoms with E-state index in [1.54, 1.807) is 12.4 Å². The van der Waals surface area contributed by atoms with Gasteiger partial charge in [-0.2, -0.15) is 9.61 Å². The average molecular weight is 478 g/mol. The monoisotopic (exact) mass is 477 g/mol. The highest BCUT2D eigenvalue weighted by atomic mass is 79.9. The van der Waals surface area contributed by atoms with Crippen molar-refractivity contribution in [2.75, 3.05) is 23.7 Å². The van der Waals surface area contributed by atoms with Crippen molar-refractivity contribution in [3.05, 3.63) is 82.7 Å². The first-order valence-corrected chi connectivity index (χ1v) is 11.2. The number of rotatable bonds is 7. The molecule has 7 nitrogen and oxygen atoms in total. The number of likely N-dealkylation sites (tertiary alicyclic amines) is 1. The molecule has 0 spiro atoms. The van der Waals surface area contributed by atoms with Gasteiger partial charge >= 0.3 is 0 Å². The molecule has 3 aromatic heterocycles. The van der Waals surface area contributed by atoms with Crippen LogP contribution in [0.2, 0.25) is 0 Å². The average Bonchev–Trinajstić information content (AvgIpc) is 3.40. The molecule has 4 heterocycles. The van der Waals surface area contributed by atoms with E-state index in [9.17, 15) is 0 Å². The van der Waals surface area contributed by atoms with Crippen molar-refractivity contribution in [3.63, 3.8) is 0 Å². The topological polar surface area (TPSA) is 70.4 Å². The SMILES string of the molecule is Brc1cnn2c(NCc3cccnc3)cc(NC3CCN(Cc4ccccc4)C3)nc12. The van der Waals surface area contributed by atoms with E-state index in [-0.39, 0.29) is 0 Å². The van der Waals surface area contributed by atoms with Crippen LogP contribution in [0.15, 0.2) is 71.6 Å². The first kappa shape index (κ1) is 20.0. The first-order valence-electron chi connectivity index (χ1n) is 10.4. The van der Waals surface area contributed by atoms with Gasteiger partial charge in [0.25, 0.3) is 0 Å². The molecule has 0 radical (unpaired) electrons. The number of hydrogen-bond acceptors (Lipinski definition) is 6. The number of aromatic nitrogens is 4. The number of fused-ring (bicyclic) bond motifs is 1. The van der Waals surface area contributed by atoms with Gasteiger partial charge in [0.2, 0.25) is 0 Å². The Morgan fingerprint density at radius 3 is 2.77 bits per heavy atom. The number of benzene rings is 1. The number of halogens is 1. The fraction of sp³-hybridized carbons (Fsp3) is 0.261. The van der Waals surface area contributed by atoms with Gasteiger partial charge in [-0.25, -0.2) is 4.98 Å². The van der Waals surface area contributed by atoms with Gasteiger partial charge in [0.05, 0.1) is 10.7 Å². The van der Waals surface area contributed by atoms with Crippen molar-refractivity contribution < 1.29 is 0 Å². The second kappa shape index (κ2) is 9.03. The van der Waals surface area contributed by atoms with Crippen LogP contribution in [0.5, 0.6) is 0 Å². The van der Waals surface area contributed by atoms with E-state index in [1.165, 1.54) is 5.56 Å². The molecule has 0 saturated carbocycles. The Labute approximate surface area is 189 Å². The highest BCUT2D eigenvalue weighted by Crippen LogP contribution is 2.24. The lowest BCUT2D eigenvalue weighted by Gasteiger charge is -2.18. The molecule has 8 heteroatoms. The lowest BCUT2D eigenvalue weighted by Crippen LogP contribution is -2.26. The fourth-order valence-electron chi connectivity index (χ4n) is 3.98. The van der Waals surface area contributed by atoms with Crippen LogP contribution in [0.3, 0.4) is 0 Å². The summed E-state index contributed by atoms with van der Waals surface area (Å²) in [5, 5.41) is 11.6. The van der Waals surface area contributed by atoms with Gasteiger partial charge in [0.1, 0.15) is 11.6 Å². The van der Waals surface area contributed by atoms with Crippen LogP contribution in [0.25, 0.3) is 5.65 Å². The fourth-order valence-corrected chi connectivity index (χ4v) is 4.32. The second-order valence-electron chi connectivity index (χ2n) is 7.82. The Hall–Kier alpha value is -2.97. The molecule has 1 aliphatic rings. The zero-order valence-corrected chi connectivity index (χ0v) is 18.7. The third-order valence-corrected chi connectivity index (χ3v) is 6.06. The Balaban J connectivity index is 1.30. The van der Waals surface area contributed by atoms with Gasteiger partial charge in [0, 0.05) is 50.7 Å². The summed E-state index contributed by atoms with van der Waals surface area (Å²) in [7, 11) is 0. The molecule has 1 aromatic carbocycles. The smallest absolute Gasteiger partial charge is 0.173 e. The van der Waals surface area contributed by atoms with Gasteiger partial charge in [-0.1, -0.05) is 36.4 Å². The molecule has 0 aliphatic carbocycles. The van der Waals surface area contributed by atoms with Crippen molar-refractivity contribution in [2.45, 2.75) is 25.6 Å². The molecule has 1 fully saturated rings. The third-order valence-electron chi connectivity index (χ3n) is 5.50. The van der Waals surface area contributed by atoms with Crippen molar-refractivity contribution in [2.24, 2.45) is 0 Å². The predicted octanol–water partition coefficient (Wildman–Crippen LogP) is 4.19. The van der Waals surface area contributed by atoms with E-state index < -0.39 is 0 Å². The van der Waals surface area contributed by atoms with E-state index in [1.807, 2.05) is 22.8 Å². The van der Waals surface area contributed by atoms with Crippen molar-refractivity contribution in [1.82, 2.24) is 24.5 Å². The zero-order chi connectivity index (χ0) is 21.0. The molecule has 1 atom stereocenters. The molecule has 1 saturated heterocycles. The summed E-state index contributed by atoms with van der Waals surface area (Å²) in [6.07, 6.45) is 6.52. The minimum absolute atomic E-state index is 0.367. The van der Waals surface area contributed by atoms with Crippen molar-refractivity contribution in [3.8, 4) is 0 Å². The van der Waals surface area contributed by atoms with Crippen LogP contribution >= 0.6 is 15.9 Å². The van der Waals surface area contributed by atoms with Gasteiger partial charge in [-0.05, 0) is 39.5 Å². The number of nitrogens with zero attached hydrogens (tertiary/aromatic N) is 5. The van der Waals surface area contributed by atoms with E-state index >= 15 is 0 Å². The molecule has 31 heavy (non-hydrogen) atoms. The van der Waals surface area contributed by atoms with Gasteiger partial charge in [-0.15, -0.1) is 0 Å². The van der Waals surface area contributed by atoms with Crippen molar-refractivity contribution >= 4 is 33.2 Å². The molecular weight excluding hydrogens is 454 g/mol. The summed E-state index contributed by atoms with van der Waals surface area (Å²) in [4.78, 5) is 11.5. The van der Waals surface area contributed by atoms with Gasteiger partial charge < -0.3 is 10.6 Å². The summed E-state index contributed by atoms with van der Waals surface area (Å²) in [5.74, 6) is 1.75. The number of hydrogen-bond donors (Lipinski definition) is 2. The standard InChI is InChI=1S/C23H24BrN7/c24-20-14-27-31-22(26-13-18-7-4-9-25-12-18)11-21(29-23(20)31)28-19-8-10-30(16-19)15-17-5-2-1-3-6-17/h1-7,9,11-12,14,19,26H,8,10,13,15-16H2,(H,28,29). The van der Waals surface area contributed by atoms with E-state index in [0.29, 0.717) is 12.6 Å².